The second-order valence-corrected chi connectivity index (χ2v) is 11.5. The van der Waals surface area contributed by atoms with Crippen LogP contribution in [0.2, 0.25) is 0 Å². The number of hydrogen-bond donors (Lipinski definition) is 3. The van der Waals surface area contributed by atoms with Crippen LogP contribution in [-0.2, 0) is 38.9 Å². The zero-order chi connectivity index (χ0) is 34.7. The maximum atomic E-state index is 12.4. The molecule has 48 heavy (non-hydrogen) atoms. The number of carboxylic acid groups (broad SMARTS) is 1. The van der Waals surface area contributed by atoms with E-state index in [1.807, 2.05) is 78.9 Å². The van der Waals surface area contributed by atoms with Crippen LogP contribution in [0.4, 0.5) is 0 Å². The Morgan fingerprint density at radius 3 is 1.88 bits per heavy atom. The Hall–Kier alpha value is -4.49. The number of primary amides is 1. The quantitative estimate of drug-likeness (QED) is 0.109. The van der Waals surface area contributed by atoms with Crippen molar-refractivity contribution in [2.24, 2.45) is 23.3 Å². The van der Waals surface area contributed by atoms with E-state index < -0.39 is 60.2 Å². The third-order valence-corrected chi connectivity index (χ3v) is 8.40. The summed E-state index contributed by atoms with van der Waals surface area (Å²) in [5.41, 5.74) is 12.3. The summed E-state index contributed by atoms with van der Waals surface area (Å²) >= 11 is 0. The molecule has 0 bridgehead atoms. The topological polar surface area (TPSA) is 179 Å². The van der Waals surface area contributed by atoms with Crippen LogP contribution in [0.15, 0.2) is 78.9 Å². The van der Waals surface area contributed by atoms with Crippen LogP contribution in [0.5, 0.6) is 11.5 Å². The Labute approximate surface area is 280 Å². The second kappa shape index (κ2) is 17.1. The molecule has 12 nitrogen and oxygen atoms in total. The van der Waals surface area contributed by atoms with Crippen molar-refractivity contribution in [2.45, 2.75) is 50.3 Å². The van der Waals surface area contributed by atoms with Crippen molar-refractivity contribution in [1.82, 2.24) is 0 Å². The minimum Gasteiger partial charge on any atom is -0.497 e. The fraction of sp³-hybridized carbons (Fsp3) is 0.417. The normalized spacial score (nSPS) is 20.9. The van der Waals surface area contributed by atoms with E-state index in [4.69, 9.17) is 39.9 Å². The molecule has 3 aromatic rings. The first-order chi connectivity index (χ1) is 23.1. The highest BCUT2D eigenvalue weighted by atomic mass is 16.7. The molecule has 0 unspecified atom stereocenters. The average molecular weight is 665 g/mol. The lowest BCUT2D eigenvalue weighted by Gasteiger charge is -2.46. The Morgan fingerprint density at radius 1 is 0.833 bits per heavy atom. The SMILES string of the molecule is COc1ccc(C(OC[C@@H]2O[C@@H](OCCCN)[C@H](CC(N)=O)[C@H](OC(C)=O)[C@H]2CC(=O)O)(c2ccccc2)c2ccc(OC)cc2)cc1. The van der Waals surface area contributed by atoms with E-state index in [2.05, 4.69) is 0 Å². The van der Waals surface area contributed by atoms with E-state index in [-0.39, 0.29) is 19.6 Å². The summed E-state index contributed by atoms with van der Waals surface area (Å²) < 4.78 is 36.1. The molecule has 0 spiro atoms. The lowest BCUT2D eigenvalue weighted by atomic mass is 9.78. The van der Waals surface area contributed by atoms with Gasteiger partial charge in [0.15, 0.2) is 6.29 Å². The van der Waals surface area contributed by atoms with Crippen molar-refractivity contribution >= 4 is 17.8 Å². The van der Waals surface area contributed by atoms with Crippen LogP contribution in [0, 0.1) is 11.8 Å². The highest BCUT2D eigenvalue weighted by Crippen LogP contribution is 2.44. The first-order valence-corrected chi connectivity index (χ1v) is 15.8. The first-order valence-electron chi connectivity index (χ1n) is 15.8. The highest BCUT2D eigenvalue weighted by Gasteiger charge is 2.50. The molecule has 1 saturated heterocycles. The van der Waals surface area contributed by atoms with E-state index >= 15 is 0 Å². The zero-order valence-electron chi connectivity index (χ0n) is 27.4. The van der Waals surface area contributed by atoms with Crippen molar-refractivity contribution in [2.75, 3.05) is 34.0 Å². The van der Waals surface area contributed by atoms with Gasteiger partial charge >= 0.3 is 11.9 Å². The molecular weight excluding hydrogens is 620 g/mol. The summed E-state index contributed by atoms with van der Waals surface area (Å²) in [4.78, 5) is 36.8. The molecule has 1 aliphatic rings. The Bertz CT molecular complexity index is 1440. The minimum atomic E-state index is -1.24. The molecule has 5 atom stereocenters. The van der Waals surface area contributed by atoms with Gasteiger partial charge in [-0.2, -0.15) is 0 Å². The van der Waals surface area contributed by atoms with Crippen LogP contribution >= 0.6 is 0 Å². The standard InChI is InChI=1S/C36H44N2O10/c1-23(39)47-34-29(21-33(41)42)31(48-35(45-19-7-18-37)30(34)20-32(38)40)22-46-36(24-8-5-4-6-9-24,25-10-14-27(43-2)15-11-25)26-12-16-28(44-3)17-13-26/h4-6,8-17,29-31,34-35H,7,18-22,37H2,1-3H3,(H2,38,40)(H,41,42)/t29-,30+,31-,34+,35+/m0/s1. The largest absolute Gasteiger partial charge is 0.497 e. The van der Waals surface area contributed by atoms with Gasteiger partial charge in [0, 0.05) is 19.3 Å². The van der Waals surface area contributed by atoms with Crippen LogP contribution in [-0.4, -0.2) is 75.4 Å². The predicted molar refractivity (Wildman–Crippen MR) is 175 cm³/mol. The number of esters is 1. The van der Waals surface area contributed by atoms with E-state index in [0.29, 0.717) is 24.5 Å². The molecule has 1 amide bonds. The monoisotopic (exact) mass is 664 g/mol. The van der Waals surface area contributed by atoms with Crippen molar-refractivity contribution in [3.8, 4) is 11.5 Å². The smallest absolute Gasteiger partial charge is 0.303 e. The fourth-order valence-corrected chi connectivity index (χ4v) is 6.21. The van der Waals surface area contributed by atoms with E-state index in [1.54, 1.807) is 14.2 Å². The van der Waals surface area contributed by atoms with Crippen molar-refractivity contribution in [3.63, 3.8) is 0 Å². The molecule has 1 aliphatic heterocycles. The molecule has 1 fully saturated rings. The molecule has 1 heterocycles. The summed E-state index contributed by atoms with van der Waals surface area (Å²) in [6.45, 7) is 1.59. The van der Waals surface area contributed by atoms with Crippen LogP contribution in [0.1, 0.15) is 42.9 Å². The van der Waals surface area contributed by atoms with Gasteiger partial charge in [-0.15, -0.1) is 0 Å². The van der Waals surface area contributed by atoms with E-state index in [9.17, 15) is 19.5 Å². The molecule has 0 radical (unpaired) electrons. The summed E-state index contributed by atoms with van der Waals surface area (Å²) in [6.07, 6.45) is -3.32. The number of nitrogens with two attached hydrogens (primary N) is 2. The number of aliphatic carboxylic acids is 1. The number of amides is 1. The number of benzene rings is 3. The molecule has 0 saturated carbocycles. The molecule has 12 heteroatoms. The highest BCUT2D eigenvalue weighted by molar-refractivity contribution is 5.74. The number of ether oxygens (including phenoxy) is 6. The van der Waals surface area contributed by atoms with Crippen molar-refractivity contribution in [3.05, 3.63) is 95.6 Å². The number of carboxylic acids is 1. The molecule has 0 aromatic heterocycles. The van der Waals surface area contributed by atoms with Crippen LogP contribution in [0.25, 0.3) is 0 Å². The number of rotatable bonds is 17. The molecular formula is C36H44N2O10. The van der Waals surface area contributed by atoms with Crippen LogP contribution < -0.4 is 20.9 Å². The van der Waals surface area contributed by atoms with Gasteiger partial charge < -0.3 is 45.0 Å². The van der Waals surface area contributed by atoms with Crippen molar-refractivity contribution < 1.29 is 47.9 Å². The Morgan fingerprint density at radius 2 is 1.40 bits per heavy atom. The van der Waals surface area contributed by atoms with Gasteiger partial charge in [0.1, 0.15) is 23.2 Å². The van der Waals surface area contributed by atoms with Gasteiger partial charge in [-0.1, -0.05) is 54.6 Å². The maximum absolute atomic E-state index is 12.4. The molecule has 4 rings (SSSR count). The molecule has 3 aromatic carbocycles. The fourth-order valence-electron chi connectivity index (χ4n) is 6.21. The van der Waals surface area contributed by atoms with E-state index in [1.165, 1.54) is 6.92 Å². The molecule has 258 valence electrons. The second-order valence-electron chi connectivity index (χ2n) is 11.5. The summed E-state index contributed by atoms with van der Waals surface area (Å²) in [5, 5.41) is 10.0. The number of methoxy groups -OCH3 is 2. The van der Waals surface area contributed by atoms with Gasteiger partial charge in [0.05, 0.1) is 45.9 Å². The van der Waals surface area contributed by atoms with Gasteiger partial charge in [0.25, 0.3) is 0 Å². The lowest BCUT2D eigenvalue weighted by molar-refractivity contribution is -0.282. The van der Waals surface area contributed by atoms with Gasteiger partial charge in [-0.05, 0) is 53.9 Å². The average Bonchev–Trinajstić information content (AvgIpc) is 3.08. The third-order valence-electron chi connectivity index (χ3n) is 8.40. The Kier molecular flexibility index (Phi) is 12.9. The van der Waals surface area contributed by atoms with Crippen LogP contribution in [0.3, 0.4) is 0 Å². The maximum Gasteiger partial charge on any atom is 0.303 e. The number of carbonyl (C=O) groups excluding carboxylic acids is 2. The zero-order valence-corrected chi connectivity index (χ0v) is 27.4. The first kappa shape index (κ1) is 36.3. The number of hydrogen-bond acceptors (Lipinski definition) is 10. The minimum absolute atomic E-state index is 0.164. The van der Waals surface area contributed by atoms with Gasteiger partial charge in [-0.3, -0.25) is 14.4 Å². The number of carbonyl (C=O) groups is 3. The molecule has 5 N–H and O–H groups in total. The van der Waals surface area contributed by atoms with Crippen molar-refractivity contribution in [1.29, 1.82) is 0 Å². The Balaban J connectivity index is 1.85. The summed E-state index contributed by atoms with van der Waals surface area (Å²) in [5.74, 6) is -2.98. The predicted octanol–water partition coefficient (Wildman–Crippen LogP) is 3.62. The summed E-state index contributed by atoms with van der Waals surface area (Å²) in [6, 6.07) is 24.5. The van der Waals surface area contributed by atoms with Gasteiger partial charge in [-0.25, -0.2) is 0 Å². The summed E-state index contributed by atoms with van der Waals surface area (Å²) in [7, 11) is 3.17. The lowest BCUT2D eigenvalue weighted by Crippen LogP contribution is -2.56. The molecule has 0 aliphatic carbocycles. The van der Waals surface area contributed by atoms with E-state index in [0.717, 1.165) is 16.7 Å². The van der Waals surface area contributed by atoms with Gasteiger partial charge in [0.2, 0.25) is 5.91 Å². The third kappa shape index (κ3) is 8.70.